The zero-order valence-electron chi connectivity index (χ0n) is 16.2. The highest BCUT2D eigenvalue weighted by molar-refractivity contribution is 6.02. The van der Waals surface area contributed by atoms with Crippen molar-refractivity contribution in [1.29, 1.82) is 0 Å². The number of pyridine rings is 1. The molecule has 0 unspecified atom stereocenters. The van der Waals surface area contributed by atoms with E-state index in [0.717, 1.165) is 34.1 Å². The van der Waals surface area contributed by atoms with Crippen LogP contribution in [0.5, 0.6) is 0 Å². The number of rotatable bonds is 3. The van der Waals surface area contributed by atoms with Crippen LogP contribution in [-0.4, -0.2) is 29.5 Å². The van der Waals surface area contributed by atoms with E-state index in [1.54, 1.807) is 18.7 Å². The molecule has 0 fully saturated rings. The lowest BCUT2D eigenvalue weighted by atomic mass is 10.0. The molecule has 0 saturated carbocycles. The van der Waals surface area contributed by atoms with Gasteiger partial charge in [0.1, 0.15) is 0 Å². The fraction of sp³-hybridized carbons (Fsp3) is 0.261. The van der Waals surface area contributed by atoms with Gasteiger partial charge in [-0.15, -0.1) is 0 Å². The molecule has 0 saturated heterocycles. The summed E-state index contributed by atoms with van der Waals surface area (Å²) in [5.74, 6) is -0.719. The molecule has 0 radical (unpaired) electrons. The van der Waals surface area contributed by atoms with Crippen LogP contribution in [0.3, 0.4) is 0 Å². The second-order valence-electron chi connectivity index (χ2n) is 7.13. The largest absolute Gasteiger partial charge is 0.449 e. The molecule has 2 aromatic carbocycles. The standard InChI is InChI=1S/C23H22N2O3/c1-14-18-9-5-6-10-19(18)24-15(2)21(14)23(27)28-16(3)22(26)25-13-12-17-8-4-7-11-20(17)25/h4-11,16H,12-13H2,1-3H3/t16-/m1/s1. The normalized spacial score (nSPS) is 14.0. The van der Waals surface area contributed by atoms with Crippen molar-refractivity contribution in [3.05, 3.63) is 70.9 Å². The van der Waals surface area contributed by atoms with Crippen LogP contribution in [0, 0.1) is 13.8 Å². The third-order valence-corrected chi connectivity index (χ3v) is 5.32. The van der Waals surface area contributed by atoms with E-state index in [1.165, 1.54) is 0 Å². The minimum Gasteiger partial charge on any atom is -0.449 e. The van der Waals surface area contributed by atoms with Crippen molar-refractivity contribution in [2.24, 2.45) is 0 Å². The summed E-state index contributed by atoms with van der Waals surface area (Å²) in [5, 5.41) is 0.910. The average Bonchev–Trinajstić information content (AvgIpc) is 3.11. The number of esters is 1. The van der Waals surface area contributed by atoms with Gasteiger partial charge in [0, 0.05) is 17.6 Å². The van der Waals surface area contributed by atoms with Crippen LogP contribution in [0.25, 0.3) is 10.9 Å². The number of aromatic nitrogens is 1. The van der Waals surface area contributed by atoms with Crippen molar-refractivity contribution < 1.29 is 14.3 Å². The fourth-order valence-corrected chi connectivity index (χ4v) is 3.89. The number of amides is 1. The summed E-state index contributed by atoms with van der Waals surface area (Å²) in [7, 11) is 0. The predicted molar refractivity (Wildman–Crippen MR) is 109 cm³/mol. The summed E-state index contributed by atoms with van der Waals surface area (Å²) in [6.07, 6.45) is -0.0565. The highest BCUT2D eigenvalue weighted by Crippen LogP contribution is 2.29. The third-order valence-electron chi connectivity index (χ3n) is 5.32. The number of benzene rings is 2. The van der Waals surface area contributed by atoms with Crippen LogP contribution in [0.4, 0.5) is 5.69 Å². The number of nitrogens with zero attached hydrogens (tertiary/aromatic N) is 2. The Labute approximate surface area is 163 Å². The lowest BCUT2D eigenvalue weighted by Crippen LogP contribution is -2.39. The van der Waals surface area contributed by atoms with Gasteiger partial charge in [0.15, 0.2) is 6.10 Å². The topological polar surface area (TPSA) is 59.5 Å². The van der Waals surface area contributed by atoms with Gasteiger partial charge in [-0.3, -0.25) is 9.78 Å². The highest BCUT2D eigenvalue weighted by atomic mass is 16.5. The second-order valence-corrected chi connectivity index (χ2v) is 7.13. The Balaban J connectivity index is 1.57. The average molecular weight is 374 g/mol. The molecule has 1 atom stereocenters. The lowest BCUT2D eigenvalue weighted by molar-refractivity contribution is -0.126. The number of ether oxygens (including phenoxy) is 1. The summed E-state index contributed by atoms with van der Waals surface area (Å²) >= 11 is 0. The molecule has 4 rings (SSSR count). The molecule has 28 heavy (non-hydrogen) atoms. The molecule has 1 aromatic heterocycles. The van der Waals surface area contributed by atoms with Crippen LogP contribution in [-0.2, 0) is 16.0 Å². The Morgan fingerprint density at radius 2 is 1.79 bits per heavy atom. The van der Waals surface area contributed by atoms with E-state index < -0.39 is 12.1 Å². The van der Waals surface area contributed by atoms with Gasteiger partial charge >= 0.3 is 5.97 Å². The number of fused-ring (bicyclic) bond motifs is 2. The number of anilines is 1. The molecule has 3 aromatic rings. The maximum atomic E-state index is 12.9. The van der Waals surface area contributed by atoms with Gasteiger partial charge in [-0.2, -0.15) is 0 Å². The molecule has 2 heterocycles. The Kier molecular flexibility index (Phi) is 4.59. The quantitative estimate of drug-likeness (QED) is 0.651. The number of carbonyl (C=O) groups is 2. The van der Waals surface area contributed by atoms with Crippen molar-refractivity contribution in [3.63, 3.8) is 0 Å². The maximum Gasteiger partial charge on any atom is 0.341 e. The molecule has 5 nitrogen and oxygen atoms in total. The molecule has 0 spiro atoms. The number of para-hydroxylation sites is 2. The van der Waals surface area contributed by atoms with Gasteiger partial charge in [-0.1, -0.05) is 36.4 Å². The van der Waals surface area contributed by atoms with Gasteiger partial charge in [0.05, 0.1) is 16.8 Å². The van der Waals surface area contributed by atoms with Crippen molar-refractivity contribution >= 4 is 28.5 Å². The minimum atomic E-state index is -0.871. The Bertz CT molecular complexity index is 1090. The summed E-state index contributed by atoms with van der Waals surface area (Å²) in [6, 6.07) is 15.5. The molecular weight excluding hydrogens is 352 g/mol. The summed E-state index contributed by atoms with van der Waals surface area (Å²) in [4.78, 5) is 32.0. The molecular formula is C23H22N2O3. The SMILES string of the molecule is Cc1nc2ccccc2c(C)c1C(=O)O[C@H](C)C(=O)N1CCc2ccccc21. The van der Waals surface area contributed by atoms with Crippen LogP contribution in [0.1, 0.15) is 34.1 Å². The molecule has 5 heteroatoms. The number of hydrogen-bond acceptors (Lipinski definition) is 4. The molecule has 1 aliphatic rings. The Morgan fingerprint density at radius 3 is 2.61 bits per heavy atom. The van der Waals surface area contributed by atoms with E-state index in [0.29, 0.717) is 17.8 Å². The zero-order chi connectivity index (χ0) is 19.8. The maximum absolute atomic E-state index is 12.9. The van der Waals surface area contributed by atoms with Crippen molar-refractivity contribution in [1.82, 2.24) is 4.98 Å². The second kappa shape index (κ2) is 7.08. The van der Waals surface area contributed by atoms with E-state index in [9.17, 15) is 9.59 Å². The first kappa shape index (κ1) is 18.2. The molecule has 142 valence electrons. The first-order valence-electron chi connectivity index (χ1n) is 9.43. The zero-order valence-corrected chi connectivity index (χ0v) is 16.2. The highest BCUT2D eigenvalue weighted by Gasteiger charge is 2.30. The van der Waals surface area contributed by atoms with Crippen LogP contribution in [0.2, 0.25) is 0 Å². The molecule has 0 aliphatic carbocycles. The van der Waals surface area contributed by atoms with Gasteiger partial charge in [-0.05, 0) is 50.5 Å². The molecule has 1 amide bonds. The van der Waals surface area contributed by atoms with Gasteiger partial charge in [-0.25, -0.2) is 4.79 Å². The van der Waals surface area contributed by atoms with Crippen LogP contribution in [0.15, 0.2) is 48.5 Å². The number of aryl methyl sites for hydroxylation is 2. The van der Waals surface area contributed by atoms with Crippen molar-refractivity contribution in [2.45, 2.75) is 33.3 Å². The van der Waals surface area contributed by atoms with Crippen LogP contribution >= 0.6 is 0 Å². The third kappa shape index (κ3) is 3.03. The van der Waals surface area contributed by atoms with Crippen molar-refractivity contribution in [3.8, 4) is 0 Å². The van der Waals surface area contributed by atoms with Gasteiger partial charge < -0.3 is 9.64 Å². The van der Waals surface area contributed by atoms with Gasteiger partial charge in [0.2, 0.25) is 0 Å². The summed E-state index contributed by atoms with van der Waals surface area (Å²) in [5.41, 5.74) is 4.73. The van der Waals surface area contributed by atoms with E-state index >= 15 is 0 Å². The van der Waals surface area contributed by atoms with E-state index in [4.69, 9.17) is 4.74 Å². The molecule has 0 N–H and O–H groups in total. The monoisotopic (exact) mass is 374 g/mol. The predicted octanol–water partition coefficient (Wildman–Crippen LogP) is 3.99. The summed E-state index contributed by atoms with van der Waals surface area (Å²) < 4.78 is 5.57. The van der Waals surface area contributed by atoms with E-state index in [-0.39, 0.29) is 5.91 Å². The lowest BCUT2D eigenvalue weighted by Gasteiger charge is -2.22. The first-order chi connectivity index (χ1) is 13.5. The number of carbonyl (C=O) groups excluding carboxylic acids is 2. The van der Waals surface area contributed by atoms with Gasteiger partial charge in [0.25, 0.3) is 5.91 Å². The Hall–Kier alpha value is -3.21. The van der Waals surface area contributed by atoms with Crippen molar-refractivity contribution in [2.75, 3.05) is 11.4 Å². The van der Waals surface area contributed by atoms with Crippen LogP contribution < -0.4 is 4.90 Å². The van der Waals surface area contributed by atoms with E-state index in [2.05, 4.69) is 4.98 Å². The molecule has 0 bridgehead atoms. The minimum absolute atomic E-state index is 0.206. The summed E-state index contributed by atoms with van der Waals surface area (Å²) in [6.45, 7) is 5.91. The fourth-order valence-electron chi connectivity index (χ4n) is 3.89. The molecule has 1 aliphatic heterocycles. The van der Waals surface area contributed by atoms with E-state index in [1.807, 2.05) is 55.5 Å². The smallest absolute Gasteiger partial charge is 0.341 e. The number of hydrogen-bond donors (Lipinski definition) is 0. The first-order valence-corrected chi connectivity index (χ1v) is 9.43. The Morgan fingerprint density at radius 1 is 1.07 bits per heavy atom.